The number of nitrogens with one attached hydrogen (secondary N) is 2. The van der Waals surface area contributed by atoms with E-state index in [0.29, 0.717) is 11.3 Å². The van der Waals surface area contributed by atoms with Gasteiger partial charge >= 0.3 is 17.6 Å². The van der Waals surface area contributed by atoms with Crippen LogP contribution in [0.5, 0.6) is 0 Å². The van der Waals surface area contributed by atoms with Crippen molar-refractivity contribution in [2.24, 2.45) is 5.92 Å². The Kier molecular flexibility index (Phi) is 6.46. The summed E-state index contributed by atoms with van der Waals surface area (Å²) in [6, 6.07) is 11.6. The lowest BCUT2D eigenvalue weighted by molar-refractivity contribution is -0.145. The number of halogens is 1. The van der Waals surface area contributed by atoms with Crippen LogP contribution in [0, 0.1) is 18.7 Å². The molecule has 1 atom stereocenters. The highest BCUT2D eigenvalue weighted by atomic mass is 19.1. The molecule has 2 N–H and O–H groups in total. The first kappa shape index (κ1) is 21.0. The number of benzene rings is 2. The number of carbonyl (C=O) groups excluding carboxylic acids is 2. The summed E-state index contributed by atoms with van der Waals surface area (Å²) < 4.78 is 23.0. The summed E-state index contributed by atoms with van der Waals surface area (Å²) in [6.07, 6.45) is 0.285. The summed E-state index contributed by atoms with van der Waals surface area (Å²) in [7, 11) is 1.27. The molecule has 0 aliphatic carbocycles. The van der Waals surface area contributed by atoms with E-state index in [2.05, 4.69) is 10.6 Å². The van der Waals surface area contributed by atoms with Gasteiger partial charge in [0.25, 0.3) is 0 Å². The topological polar surface area (TPSA) is 97.6 Å². The number of carbonyl (C=O) groups is 2. The van der Waals surface area contributed by atoms with Crippen molar-refractivity contribution in [1.82, 2.24) is 5.32 Å². The van der Waals surface area contributed by atoms with Gasteiger partial charge in [0, 0.05) is 29.8 Å². The van der Waals surface area contributed by atoms with Crippen molar-refractivity contribution in [1.29, 1.82) is 0 Å². The van der Waals surface area contributed by atoms with Crippen LogP contribution in [-0.2, 0) is 16.0 Å². The molecule has 0 radical (unpaired) electrons. The number of urea groups is 1. The van der Waals surface area contributed by atoms with Gasteiger partial charge in [0.2, 0.25) is 0 Å². The standard InChI is InChI=1S/C22H21FN2O5/c1-13-9-20(26)30-19-11-17(7-8-18(13)19)25-22(28)24-12-15(21(27)29-2)10-14-3-5-16(23)6-4-14/h3-9,11,15H,10,12H2,1-2H3,(H2,24,25,28)/t15-/m1/s1. The molecule has 1 heterocycles. The Hall–Kier alpha value is -3.68. The van der Waals surface area contributed by atoms with Crippen LogP contribution in [0.2, 0.25) is 0 Å². The van der Waals surface area contributed by atoms with Crippen molar-refractivity contribution in [2.75, 3.05) is 19.0 Å². The van der Waals surface area contributed by atoms with Crippen LogP contribution < -0.4 is 16.3 Å². The van der Waals surface area contributed by atoms with Gasteiger partial charge in [-0.1, -0.05) is 12.1 Å². The lowest BCUT2D eigenvalue weighted by Gasteiger charge is -2.16. The predicted molar refractivity (Wildman–Crippen MR) is 110 cm³/mol. The van der Waals surface area contributed by atoms with E-state index < -0.39 is 23.5 Å². The largest absolute Gasteiger partial charge is 0.469 e. The highest BCUT2D eigenvalue weighted by molar-refractivity contribution is 5.92. The second-order valence-corrected chi connectivity index (χ2v) is 6.85. The molecule has 0 aliphatic heterocycles. The number of hydrogen-bond donors (Lipinski definition) is 2. The molecule has 0 bridgehead atoms. The average molecular weight is 412 g/mol. The fraction of sp³-hybridized carbons (Fsp3) is 0.227. The Labute approximate surface area is 171 Å². The van der Waals surface area contributed by atoms with Crippen molar-refractivity contribution < 1.29 is 23.1 Å². The number of aryl methyl sites for hydroxylation is 1. The van der Waals surface area contributed by atoms with Gasteiger partial charge in [-0.25, -0.2) is 14.0 Å². The molecular weight excluding hydrogens is 391 g/mol. The predicted octanol–water partition coefficient (Wildman–Crippen LogP) is 3.39. The molecule has 7 nitrogen and oxygen atoms in total. The molecule has 8 heteroatoms. The fourth-order valence-electron chi connectivity index (χ4n) is 3.10. The first-order chi connectivity index (χ1) is 14.4. The maximum absolute atomic E-state index is 13.1. The summed E-state index contributed by atoms with van der Waals surface area (Å²) >= 11 is 0. The van der Waals surface area contributed by atoms with Gasteiger partial charge in [0.15, 0.2) is 0 Å². The summed E-state index contributed by atoms with van der Waals surface area (Å²) in [5.41, 5.74) is 1.85. The van der Waals surface area contributed by atoms with E-state index in [4.69, 9.17) is 9.15 Å². The number of fused-ring (bicyclic) bond motifs is 1. The first-order valence-electron chi connectivity index (χ1n) is 9.27. The summed E-state index contributed by atoms with van der Waals surface area (Å²) in [5.74, 6) is -1.49. The third-order valence-electron chi connectivity index (χ3n) is 4.65. The maximum atomic E-state index is 13.1. The third kappa shape index (κ3) is 5.22. The lowest BCUT2D eigenvalue weighted by atomic mass is 9.99. The second kappa shape index (κ2) is 9.21. The van der Waals surface area contributed by atoms with Crippen molar-refractivity contribution in [3.63, 3.8) is 0 Å². The Morgan fingerprint density at radius 2 is 1.87 bits per heavy atom. The number of hydrogen-bond acceptors (Lipinski definition) is 5. The van der Waals surface area contributed by atoms with Gasteiger partial charge in [-0.05, 0) is 48.7 Å². The van der Waals surface area contributed by atoms with E-state index in [1.807, 2.05) is 0 Å². The Morgan fingerprint density at radius 3 is 2.57 bits per heavy atom. The van der Waals surface area contributed by atoms with Crippen LogP contribution >= 0.6 is 0 Å². The van der Waals surface area contributed by atoms with Gasteiger partial charge < -0.3 is 19.8 Å². The summed E-state index contributed by atoms with van der Waals surface area (Å²) in [6.45, 7) is 1.82. The van der Waals surface area contributed by atoms with E-state index in [1.165, 1.54) is 25.3 Å². The zero-order chi connectivity index (χ0) is 21.7. The van der Waals surface area contributed by atoms with Gasteiger partial charge in [-0.2, -0.15) is 0 Å². The summed E-state index contributed by atoms with van der Waals surface area (Å²) in [5, 5.41) is 6.04. The van der Waals surface area contributed by atoms with Crippen molar-refractivity contribution in [2.45, 2.75) is 13.3 Å². The maximum Gasteiger partial charge on any atom is 0.336 e. The first-order valence-corrected chi connectivity index (χ1v) is 9.27. The molecule has 0 aliphatic rings. The highest BCUT2D eigenvalue weighted by Gasteiger charge is 2.21. The van der Waals surface area contributed by atoms with E-state index in [9.17, 15) is 18.8 Å². The van der Waals surface area contributed by atoms with Crippen LogP contribution in [0.3, 0.4) is 0 Å². The van der Waals surface area contributed by atoms with Crippen molar-refractivity contribution in [3.05, 3.63) is 75.9 Å². The molecular formula is C22H21FN2O5. The molecule has 156 valence electrons. The SMILES string of the molecule is COC(=O)[C@@H](CNC(=O)Nc1ccc2c(C)cc(=O)oc2c1)Cc1ccc(F)cc1. The summed E-state index contributed by atoms with van der Waals surface area (Å²) in [4.78, 5) is 35.9. The van der Waals surface area contributed by atoms with E-state index in [0.717, 1.165) is 16.5 Å². The van der Waals surface area contributed by atoms with E-state index in [1.54, 1.807) is 37.3 Å². The smallest absolute Gasteiger partial charge is 0.336 e. The Bertz CT molecular complexity index is 1120. The van der Waals surface area contributed by atoms with E-state index >= 15 is 0 Å². The number of rotatable bonds is 6. The second-order valence-electron chi connectivity index (χ2n) is 6.85. The molecule has 0 spiro atoms. The minimum atomic E-state index is -0.636. The zero-order valence-electron chi connectivity index (χ0n) is 16.5. The van der Waals surface area contributed by atoms with Crippen molar-refractivity contribution in [3.8, 4) is 0 Å². The highest BCUT2D eigenvalue weighted by Crippen LogP contribution is 2.20. The molecule has 0 fully saturated rings. The van der Waals surface area contributed by atoms with Gasteiger partial charge in [0.1, 0.15) is 11.4 Å². The number of esters is 1. The zero-order valence-corrected chi connectivity index (χ0v) is 16.5. The van der Waals surface area contributed by atoms with Gasteiger partial charge in [-0.3, -0.25) is 4.79 Å². The molecule has 3 aromatic rings. The van der Waals surface area contributed by atoms with Gasteiger partial charge in [0.05, 0.1) is 13.0 Å². The molecule has 2 aromatic carbocycles. The fourth-order valence-corrected chi connectivity index (χ4v) is 3.10. The van der Waals surface area contributed by atoms with Crippen LogP contribution in [0.4, 0.5) is 14.9 Å². The molecule has 0 saturated carbocycles. The Balaban J connectivity index is 1.65. The number of ether oxygens (including phenoxy) is 1. The normalized spacial score (nSPS) is 11.7. The molecule has 1 aromatic heterocycles. The quantitative estimate of drug-likeness (QED) is 0.478. The molecule has 2 amide bonds. The molecule has 3 rings (SSSR count). The third-order valence-corrected chi connectivity index (χ3v) is 4.65. The minimum absolute atomic E-state index is 0.0255. The van der Waals surface area contributed by atoms with Crippen LogP contribution in [0.25, 0.3) is 11.0 Å². The number of amides is 2. The Morgan fingerprint density at radius 1 is 1.13 bits per heavy atom. The monoisotopic (exact) mass is 412 g/mol. The van der Waals surface area contributed by atoms with Crippen LogP contribution in [0.1, 0.15) is 11.1 Å². The van der Waals surface area contributed by atoms with Crippen molar-refractivity contribution >= 4 is 28.7 Å². The molecule has 30 heavy (non-hydrogen) atoms. The lowest BCUT2D eigenvalue weighted by Crippen LogP contribution is -2.37. The van der Waals surface area contributed by atoms with E-state index in [-0.39, 0.29) is 18.8 Å². The number of methoxy groups -OCH3 is 1. The average Bonchev–Trinajstić information content (AvgIpc) is 2.71. The minimum Gasteiger partial charge on any atom is -0.469 e. The van der Waals surface area contributed by atoms with Crippen LogP contribution in [-0.4, -0.2) is 25.7 Å². The van der Waals surface area contributed by atoms with Crippen LogP contribution in [0.15, 0.2) is 57.7 Å². The number of anilines is 1. The molecule has 0 unspecified atom stereocenters. The molecule has 0 saturated heterocycles. The van der Waals surface area contributed by atoms with Gasteiger partial charge in [-0.15, -0.1) is 0 Å².